The summed E-state index contributed by atoms with van der Waals surface area (Å²) in [5.41, 5.74) is 6.93. The van der Waals surface area contributed by atoms with Crippen molar-refractivity contribution in [2.45, 2.75) is 94.4 Å². The minimum Gasteiger partial charge on any atom is -0.756 e. The molecular weight excluding hydrogens is 808 g/mol. The van der Waals surface area contributed by atoms with Gasteiger partial charge in [0.2, 0.25) is 5.95 Å². The van der Waals surface area contributed by atoms with Crippen molar-refractivity contribution >= 4 is 32.8 Å². The van der Waals surface area contributed by atoms with Gasteiger partial charge in [-0.15, -0.1) is 5.10 Å². The number of fused-ring (bicyclic) bond motifs is 1. The Morgan fingerprint density at radius 3 is 2.34 bits per heavy atom. The van der Waals surface area contributed by atoms with Crippen molar-refractivity contribution < 1.29 is 126 Å². The van der Waals surface area contributed by atoms with Gasteiger partial charge >= 0.3 is 59.1 Å². The van der Waals surface area contributed by atoms with Crippen LogP contribution >= 0.6 is 15.6 Å². The van der Waals surface area contributed by atoms with Crippen LogP contribution < -0.4 is 80.2 Å². The molecule has 2 fully saturated rings. The molecule has 2 saturated heterocycles. The fourth-order valence-electron chi connectivity index (χ4n) is 5.96. The third-order valence-electron chi connectivity index (χ3n) is 8.78. The average molecular weight is 847 g/mol. The minimum absolute atomic E-state index is 0. The number of ether oxygens (including phenoxy) is 2. The first kappa shape index (κ1) is 47.2. The van der Waals surface area contributed by atoms with E-state index in [4.69, 9.17) is 15.2 Å². The second-order valence-corrected chi connectivity index (χ2v) is 15.6. The van der Waals surface area contributed by atoms with E-state index in [2.05, 4.69) is 45.5 Å². The molecule has 0 radical (unpaired) electrons. The summed E-state index contributed by atoms with van der Waals surface area (Å²) >= 11 is 0. The standard InChI is InChI=1S/C29H40N8O15P2.2Na/c1-2-3-4-5-14-6-8-15(9-7-14)16-10-36(35-34-16)11-17-20(38)22(40)24(42)28(50-17)51-54(46,47)52-53(44,45)48-12-18-21(39)23(41)27(49-18)37-13-31-19-25(37)32-29(30)33-26(19)43;;/h6-10,13,17-18,20-24,27-28,38-42H,2-5,11-12H2,1H3,(H,44,45)(H,46,47)(H3,30,32,33,43);;/q;2*+1/p-2/t17-,18+,20+,21+,22+,23+,24-,27+,28+;;/m0../s1. The van der Waals surface area contributed by atoms with Gasteiger partial charge in [-0.05, 0) is 18.4 Å². The number of H-pyrrole nitrogens is 1. The molecule has 11 atom stereocenters. The number of aliphatic hydroxyl groups is 5. The van der Waals surface area contributed by atoms with Gasteiger partial charge < -0.3 is 55.1 Å². The molecular formula is C29H38N8Na2O15P2. The smallest absolute Gasteiger partial charge is 0.756 e. The number of hydrogen-bond donors (Lipinski definition) is 7. The summed E-state index contributed by atoms with van der Waals surface area (Å²) in [5, 5.41) is 60.5. The number of nitrogens with one attached hydrogen (secondary N) is 1. The first-order valence-corrected chi connectivity index (χ1v) is 19.6. The van der Waals surface area contributed by atoms with Crippen LogP contribution in [0.25, 0.3) is 22.4 Å². The van der Waals surface area contributed by atoms with Gasteiger partial charge in [-0.1, -0.05) is 49.2 Å². The molecule has 0 aliphatic carbocycles. The number of phosphoric ester groups is 2. The largest absolute Gasteiger partial charge is 1.00 e. The summed E-state index contributed by atoms with van der Waals surface area (Å²) in [6, 6.07) is 7.70. The Labute approximate surface area is 361 Å². The van der Waals surface area contributed by atoms with Gasteiger partial charge in [-0.25, -0.2) is 14.0 Å². The van der Waals surface area contributed by atoms with Crippen molar-refractivity contribution in [3.05, 3.63) is 52.7 Å². The van der Waals surface area contributed by atoms with Crippen molar-refractivity contribution in [3.63, 3.8) is 0 Å². The second kappa shape index (κ2) is 19.7. The number of imidazole rings is 1. The number of aromatic amines is 1. The number of phosphoric acid groups is 2. The third-order valence-corrected chi connectivity index (χ3v) is 11.3. The number of benzene rings is 1. The van der Waals surface area contributed by atoms with Crippen LogP contribution in [0.5, 0.6) is 0 Å². The fourth-order valence-corrected chi connectivity index (χ4v) is 8.04. The van der Waals surface area contributed by atoms with Crippen LogP contribution in [0.3, 0.4) is 0 Å². The molecule has 296 valence electrons. The zero-order chi connectivity index (χ0) is 38.9. The molecule has 2 aliphatic heterocycles. The normalized spacial score (nSPS) is 28.6. The molecule has 0 bridgehead atoms. The molecule has 1 aromatic carbocycles. The van der Waals surface area contributed by atoms with Crippen LogP contribution in [-0.2, 0) is 44.9 Å². The van der Waals surface area contributed by atoms with Crippen LogP contribution in [0.1, 0.15) is 38.0 Å². The molecule has 3 aromatic heterocycles. The minimum atomic E-state index is -5.98. The van der Waals surface area contributed by atoms with Gasteiger partial charge in [-0.2, -0.15) is 4.98 Å². The van der Waals surface area contributed by atoms with E-state index in [0.717, 1.165) is 47.7 Å². The summed E-state index contributed by atoms with van der Waals surface area (Å²) in [6.45, 7) is 0.726. The number of aromatic nitrogens is 7. The number of nitrogen functional groups attached to an aromatic ring is 1. The maximum Gasteiger partial charge on any atom is 1.00 e. The topological polar surface area (TPSA) is 348 Å². The van der Waals surface area contributed by atoms with E-state index < -0.39 is 83.1 Å². The number of unbranched alkanes of at least 4 members (excludes halogenated alkanes) is 2. The molecule has 27 heteroatoms. The second-order valence-electron chi connectivity index (χ2n) is 12.7. The van der Waals surface area contributed by atoms with E-state index in [1.807, 2.05) is 24.3 Å². The van der Waals surface area contributed by atoms with Crippen molar-refractivity contribution in [2.24, 2.45) is 0 Å². The number of hydrogen-bond acceptors (Lipinski definition) is 20. The molecule has 4 aromatic rings. The van der Waals surface area contributed by atoms with Gasteiger partial charge in [0.05, 0.1) is 25.7 Å². The Hall–Kier alpha value is -1.51. The number of nitrogens with zero attached hydrogens (tertiary/aromatic N) is 6. The van der Waals surface area contributed by atoms with E-state index in [9.17, 15) is 49.2 Å². The van der Waals surface area contributed by atoms with Crippen molar-refractivity contribution in [2.75, 3.05) is 12.3 Å². The van der Waals surface area contributed by atoms with E-state index in [1.165, 1.54) is 10.9 Å². The third kappa shape index (κ3) is 11.0. The average Bonchev–Trinajstić information content (AvgIpc) is 3.83. The Bertz CT molecular complexity index is 2080. The summed E-state index contributed by atoms with van der Waals surface area (Å²) in [7, 11) is -11.8. The molecule has 0 amide bonds. The number of anilines is 1. The summed E-state index contributed by atoms with van der Waals surface area (Å²) in [6.07, 6.45) is -9.52. The Morgan fingerprint density at radius 2 is 1.64 bits per heavy atom. The monoisotopic (exact) mass is 846 g/mol. The SMILES string of the molecule is CCCCCc1ccc(-c2cn(C[C@@H]3O[C@H](OP(=O)([O-])OP(=O)([O-])OC[C@H]4O[C@@H](n5cnc6c(=O)[nH]c(N)nc65)[C@H](O)[C@@H]4O)[C@@H](O)[C@H](O)[C@@H]3O)nn2)cc1.[Na+].[Na+]. The van der Waals surface area contributed by atoms with Gasteiger partial charge in [-0.3, -0.25) is 28.0 Å². The van der Waals surface area contributed by atoms with Crippen molar-refractivity contribution in [1.82, 2.24) is 34.5 Å². The summed E-state index contributed by atoms with van der Waals surface area (Å²) in [5.74, 6) is -0.290. The Balaban J connectivity index is 0.00000348. The maximum absolute atomic E-state index is 12.7. The molecule has 2 aliphatic rings. The zero-order valence-corrected chi connectivity index (χ0v) is 36.2. The first-order chi connectivity index (χ1) is 25.6. The van der Waals surface area contributed by atoms with Gasteiger partial charge in [0.25, 0.3) is 21.2 Å². The van der Waals surface area contributed by atoms with Crippen LogP contribution in [-0.4, -0.2) is 116 Å². The first-order valence-electron chi connectivity index (χ1n) is 16.6. The number of nitrogens with two attached hydrogens (primary N) is 1. The molecule has 6 rings (SSSR count). The predicted octanol–water partition coefficient (Wildman–Crippen LogP) is -8.19. The quantitative estimate of drug-likeness (QED) is 0.0332. The zero-order valence-electron chi connectivity index (χ0n) is 30.4. The van der Waals surface area contributed by atoms with E-state index in [-0.39, 0.29) is 82.8 Å². The molecule has 2 unspecified atom stereocenters. The molecule has 23 nitrogen and oxygen atoms in total. The maximum atomic E-state index is 12.7. The molecule has 5 heterocycles. The Kier molecular flexibility index (Phi) is 16.6. The van der Waals surface area contributed by atoms with Gasteiger partial charge in [0, 0.05) is 5.56 Å². The molecule has 0 saturated carbocycles. The molecule has 56 heavy (non-hydrogen) atoms. The van der Waals surface area contributed by atoms with Crippen LogP contribution in [0, 0.1) is 0 Å². The number of aliphatic hydroxyl groups excluding tert-OH is 5. The van der Waals surface area contributed by atoms with Crippen LogP contribution in [0.15, 0.2) is 41.6 Å². The number of rotatable bonds is 15. The van der Waals surface area contributed by atoms with Crippen molar-refractivity contribution in [1.29, 1.82) is 0 Å². The number of aryl methyl sites for hydroxylation is 1. The fraction of sp³-hybridized carbons (Fsp3) is 0.552. The predicted molar refractivity (Wildman–Crippen MR) is 177 cm³/mol. The van der Waals surface area contributed by atoms with E-state index in [0.29, 0.717) is 5.69 Å². The van der Waals surface area contributed by atoms with Gasteiger partial charge in [0.1, 0.15) is 48.4 Å². The summed E-state index contributed by atoms with van der Waals surface area (Å²) < 4.78 is 51.7. The molecule has 8 N–H and O–H groups in total. The summed E-state index contributed by atoms with van der Waals surface area (Å²) in [4.78, 5) is 47.3. The van der Waals surface area contributed by atoms with Crippen LogP contribution in [0.4, 0.5) is 5.95 Å². The van der Waals surface area contributed by atoms with Crippen molar-refractivity contribution in [3.8, 4) is 11.3 Å². The van der Waals surface area contributed by atoms with E-state index in [1.54, 1.807) is 0 Å². The van der Waals surface area contributed by atoms with Gasteiger partial charge in [0.15, 0.2) is 23.7 Å². The van der Waals surface area contributed by atoms with E-state index >= 15 is 0 Å². The van der Waals surface area contributed by atoms with Crippen LogP contribution in [0.2, 0.25) is 0 Å². The molecule has 0 spiro atoms. The Morgan fingerprint density at radius 1 is 0.946 bits per heavy atom.